The Hall–Kier alpha value is -3.35. The van der Waals surface area contributed by atoms with Crippen LogP contribution in [0.3, 0.4) is 0 Å². The van der Waals surface area contributed by atoms with E-state index in [1.54, 1.807) is 29.8 Å². The third-order valence-electron chi connectivity index (χ3n) is 4.29. The number of aromatic nitrogens is 2. The summed E-state index contributed by atoms with van der Waals surface area (Å²) >= 11 is 0. The Kier molecular flexibility index (Phi) is 5.87. The number of carbonyl (C=O) groups is 2. The molecule has 0 saturated carbocycles. The standard InChI is InChI=1S/C22H26N4O3/c1-22(2,3)25-20(27)18-17-10-5-6-13-26(17)19(24-18)21(28)23-12-11-15-8-7-9-16(14-15)29-4/h5-10,13-14H,11-12H2,1-4H3,(H,23,28)(H,25,27). The lowest BCUT2D eigenvalue weighted by Crippen LogP contribution is -2.40. The van der Waals surface area contributed by atoms with E-state index in [2.05, 4.69) is 15.6 Å². The molecule has 3 rings (SSSR count). The quantitative estimate of drug-likeness (QED) is 0.673. The smallest absolute Gasteiger partial charge is 0.287 e. The van der Waals surface area contributed by atoms with E-state index in [-0.39, 0.29) is 23.3 Å². The highest BCUT2D eigenvalue weighted by molar-refractivity contribution is 6.02. The Morgan fingerprint density at radius 1 is 1.10 bits per heavy atom. The topological polar surface area (TPSA) is 84.7 Å². The molecule has 0 aliphatic rings. The summed E-state index contributed by atoms with van der Waals surface area (Å²) in [4.78, 5) is 29.7. The first-order chi connectivity index (χ1) is 13.8. The van der Waals surface area contributed by atoms with E-state index in [1.807, 2.05) is 51.1 Å². The number of nitrogens with zero attached hydrogens (tertiary/aromatic N) is 2. The van der Waals surface area contributed by atoms with Crippen LogP contribution < -0.4 is 15.4 Å². The Morgan fingerprint density at radius 2 is 1.90 bits per heavy atom. The summed E-state index contributed by atoms with van der Waals surface area (Å²) in [6, 6.07) is 13.1. The molecule has 0 fully saturated rings. The minimum Gasteiger partial charge on any atom is -0.497 e. The number of carbonyl (C=O) groups excluding carboxylic acids is 2. The van der Waals surface area contributed by atoms with Crippen LogP contribution in [-0.4, -0.2) is 40.4 Å². The molecule has 0 aliphatic carbocycles. The SMILES string of the molecule is COc1cccc(CCNC(=O)c2nc(C(=O)NC(C)(C)C)c3ccccn23)c1. The zero-order chi connectivity index (χ0) is 21.0. The summed E-state index contributed by atoms with van der Waals surface area (Å²) in [6.45, 7) is 6.14. The van der Waals surface area contributed by atoms with Crippen molar-refractivity contribution in [3.63, 3.8) is 0 Å². The highest BCUT2D eigenvalue weighted by atomic mass is 16.5. The molecule has 2 aromatic heterocycles. The minimum atomic E-state index is -0.402. The molecule has 0 unspecified atom stereocenters. The molecule has 0 saturated heterocycles. The first-order valence-electron chi connectivity index (χ1n) is 9.49. The zero-order valence-corrected chi connectivity index (χ0v) is 17.2. The van der Waals surface area contributed by atoms with Crippen LogP contribution in [0, 0.1) is 0 Å². The van der Waals surface area contributed by atoms with Gasteiger partial charge in [0.05, 0.1) is 12.6 Å². The van der Waals surface area contributed by atoms with Crippen LogP contribution in [0.5, 0.6) is 5.75 Å². The highest BCUT2D eigenvalue weighted by Gasteiger charge is 2.23. The number of hydrogen-bond donors (Lipinski definition) is 2. The molecule has 152 valence electrons. The van der Waals surface area contributed by atoms with E-state index in [0.29, 0.717) is 18.5 Å². The molecular weight excluding hydrogens is 368 g/mol. The summed E-state index contributed by atoms with van der Waals surface area (Å²) in [6.07, 6.45) is 2.39. The molecule has 0 atom stereocenters. The van der Waals surface area contributed by atoms with Gasteiger partial charge in [-0.25, -0.2) is 4.98 Å². The van der Waals surface area contributed by atoms with Crippen LogP contribution in [0.1, 0.15) is 47.4 Å². The first kappa shape index (κ1) is 20.4. The summed E-state index contributed by atoms with van der Waals surface area (Å²) in [7, 11) is 1.62. The number of amides is 2. The Morgan fingerprint density at radius 3 is 2.62 bits per heavy atom. The summed E-state index contributed by atoms with van der Waals surface area (Å²) in [5.74, 6) is 0.327. The van der Waals surface area contributed by atoms with Crippen molar-refractivity contribution in [2.45, 2.75) is 32.7 Å². The molecule has 2 N–H and O–H groups in total. The third-order valence-corrected chi connectivity index (χ3v) is 4.29. The average molecular weight is 394 g/mol. The van der Waals surface area contributed by atoms with Gasteiger partial charge in [-0.2, -0.15) is 0 Å². The van der Waals surface area contributed by atoms with Crippen LogP contribution >= 0.6 is 0 Å². The number of ether oxygens (including phenoxy) is 1. The van der Waals surface area contributed by atoms with Crippen LogP contribution in [0.2, 0.25) is 0 Å². The van der Waals surface area contributed by atoms with E-state index in [1.165, 1.54) is 0 Å². The molecule has 7 heteroatoms. The number of imidazole rings is 1. The maximum absolute atomic E-state index is 12.7. The monoisotopic (exact) mass is 394 g/mol. The number of methoxy groups -OCH3 is 1. The van der Waals surface area contributed by atoms with Gasteiger partial charge >= 0.3 is 0 Å². The van der Waals surface area contributed by atoms with Crippen LogP contribution in [0.15, 0.2) is 48.7 Å². The van der Waals surface area contributed by atoms with Gasteiger partial charge in [-0.1, -0.05) is 18.2 Å². The fraction of sp³-hybridized carbons (Fsp3) is 0.318. The molecule has 2 amide bonds. The van der Waals surface area contributed by atoms with E-state index in [4.69, 9.17) is 4.74 Å². The number of hydrogen-bond acceptors (Lipinski definition) is 4. The summed E-state index contributed by atoms with van der Waals surface area (Å²) in [5, 5.41) is 5.78. The van der Waals surface area contributed by atoms with Crippen LogP contribution in [0.4, 0.5) is 0 Å². The Balaban J connectivity index is 1.76. The third kappa shape index (κ3) is 4.93. The van der Waals surface area contributed by atoms with Crippen molar-refractivity contribution < 1.29 is 14.3 Å². The number of pyridine rings is 1. The van der Waals surface area contributed by atoms with E-state index in [0.717, 1.165) is 11.3 Å². The fourth-order valence-electron chi connectivity index (χ4n) is 2.99. The van der Waals surface area contributed by atoms with Crippen molar-refractivity contribution >= 4 is 17.3 Å². The van der Waals surface area contributed by atoms with E-state index < -0.39 is 5.54 Å². The lowest BCUT2D eigenvalue weighted by molar-refractivity contribution is 0.0916. The van der Waals surface area contributed by atoms with Crippen molar-refractivity contribution in [3.05, 3.63) is 65.7 Å². The molecular formula is C22H26N4O3. The van der Waals surface area contributed by atoms with Gasteiger partial charge in [0.1, 0.15) is 5.75 Å². The molecule has 7 nitrogen and oxygen atoms in total. The maximum atomic E-state index is 12.7. The van der Waals surface area contributed by atoms with E-state index >= 15 is 0 Å². The maximum Gasteiger partial charge on any atom is 0.287 e. The summed E-state index contributed by atoms with van der Waals surface area (Å²) in [5.41, 5.74) is 1.48. The average Bonchev–Trinajstić information content (AvgIpc) is 3.07. The molecule has 0 radical (unpaired) electrons. The lowest BCUT2D eigenvalue weighted by atomic mass is 10.1. The number of fused-ring (bicyclic) bond motifs is 1. The van der Waals surface area contributed by atoms with Gasteiger partial charge in [0.2, 0.25) is 5.82 Å². The molecule has 0 spiro atoms. The minimum absolute atomic E-state index is 0.185. The molecule has 0 bridgehead atoms. The molecule has 29 heavy (non-hydrogen) atoms. The molecule has 2 heterocycles. The molecule has 1 aromatic carbocycles. The van der Waals surface area contributed by atoms with Crippen molar-refractivity contribution in [2.24, 2.45) is 0 Å². The van der Waals surface area contributed by atoms with Crippen molar-refractivity contribution in [1.29, 1.82) is 0 Å². The second-order valence-electron chi connectivity index (χ2n) is 7.80. The second-order valence-corrected chi connectivity index (χ2v) is 7.80. The Bertz CT molecular complexity index is 1030. The second kappa shape index (κ2) is 8.34. The zero-order valence-electron chi connectivity index (χ0n) is 17.2. The van der Waals surface area contributed by atoms with Gasteiger partial charge in [-0.05, 0) is 57.0 Å². The van der Waals surface area contributed by atoms with Crippen LogP contribution in [-0.2, 0) is 6.42 Å². The Labute approximate surface area is 170 Å². The fourth-order valence-corrected chi connectivity index (χ4v) is 2.99. The lowest BCUT2D eigenvalue weighted by Gasteiger charge is -2.19. The highest BCUT2D eigenvalue weighted by Crippen LogP contribution is 2.15. The number of rotatable bonds is 6. The predicted molar refractivity (Wildman–Crippen MR) is 111 cm³/mol. The predicted octanol–water partition coefficient (Wildman–Crippen LogP) is 2.84. The van der Waals surface area contributed by atoms with Gasteiger partial charge in [0.25, 0.3) is 11.8 Å². The molecule has 3 aromatic rings. The first-order valence-corrected chi connectivity index (χ1v) is 9.49. The van der Waals surface area contributed by atoms with Gasteiger partial charge in [-0.3, -0.25) is 14.0 Å². The normalized spacial score (nSPS) is 11.3. The van der Waals surface area contributed by atoms with Gasteiger partial charge in [0, 0.05) is 18.3 Å². The van der Waals surface area contributed by atoms with Crippen molar-refractivity contribution in [2.75, 3.05) is 13.7 Å². The van der Waals surface area contributed by atoms with Crippen LogP contribution in [0.25, 0.3) is 5.52 Å². The van der Waals surface area contributed by atoms with Gasteiger partial charge in [0.15, 0.2) is 5.69 Å². The van der Waals surface area contributed by atoms with E-state index in [9.17, 15) is 9.59 Å². The number of nitrogens with one attached hydrogen (secondary N) is 2. The number of benzene rings is 1. The van der Waals surface area contributed by atoms with Gasteiger partial charge in [-0.15, -0.1) is 0 Å². The largest absolute Gasteiger partial charge is 0.497 e. The molecule has 0 aliphatic heterocycles. The summed E-state index contributed by atoms with van der Waals surface area (Å²) < 4.78 is 6.86. The van der Waals surface area contributed by atoms with Gasteiger partial charge < -0.3 is 15.4 Å². The van der Waals surface area contributed by atoms with Crippen molar-refractivity contribution in [3.8, 4) is 5.75 Å². The van der Waals surface area contributed by atoms with Crippen molar-refractivity contribution in [1.82, 2.24) is 20.0 Å².